The Morgan fingerprint density at radius 1 is 1.33 bits per heavy atom. The van der Waals surface area contributed by atoms with Crippen molar-refractivity contribution in [2.45, 2.75) is 56.4 Å². The molecule has 214 valence electrons. The molecule has 0 bridgehead atoms. The van der Waals surface area contributed by atoms with E-state index in [0.717, 1.165) is 0 Å². The zero-order valence-corrected chi connectivity index (χ0v) is 22.3. The predicted molar refractivity (Wildman–Crippen MR) is 131 cm³/mol. The summed E-state index contributed by atoms with van der Waals surface area (Å²) >= 11 is 1.34. The van der Waals surface area contributed by atoms with Gasteiger partial charge >= 0.3 is 12.1 Å². The first-order valence-corrected chi connectivity index (χ1v) is 13.0. The fourth-order valence-corrected chi connectivity index (χ4v) is 6.76. The van der Waals surface area contributed by atoms with Crippen LogP contribution >= 0.6 is 11.8 Å². The van der Waals surface area contributed by atoms with Crippen molar-refractivity contribution in [1.82, 2.24) is 35.2 Å². The van der Waals surface area contributed by atoms with Crippen LogP contribution in [0.15, 0.2) is 10.6 Å². The van der Waals surface area contributed by atoms with Crippen LogP contribution < -0.4 is 16.4 Å². The standard InChI is InChI=1S/C22H29F3N8O5S/c1-8-14-13(9(2)28-12(34)7-32-21(26)29-20(30-32)22(23,24)25)18(36)33(14)15(19(37)38)16(8)39-10-5-11(27-6-10)17(35)31(3)4/h8-11,13-14,27H,5-7H2,1-4H3,(H,28,34)(H,37,38)(H2,26,29,30)/t8-,9?,10+,11+,13-,14-/m1/s1. The molecule has 1 aromatic rings. The highest BCUT2D eigenvalue weighted by Gasteiger charge is 2.60. The molecule has 0 saturated carbocycles. The number of nitrogens with zero attached hydrogens (tertiary/aromatic N) is 5. The predicted octanol–water partition coefficient (Wildman–Crippen LogP) is -0.291. The van der Waals surface area contributed by atoms with E-state index in [2.05, 4.69) is 20.7 Å². The van der Waals surface area contributed by atoms with E-state index < -0.39 is 60.3 Å². The minimum atomic E-state index is -4.83. The van der Waals surface area contributed by atoms with Crippen LogP contribution in [0.3, 0.4) is 0 Å². The first kappa shape index (κ1) is 28.7. The molecule has 0 aromatic carbocycles. The highest BCUT2D eigenvalue weighted by Crippen LogP contribution is 2.51. The molecule has 1 aromatic heterocycles. The molecule has 2 saturated heterocycles. The Labute approximate surface area is 225 Å². The summed E-state index contributed by atoms with van der Waals surface area (Å²) in [7, 11) is 3.32. The van der Waals surface area contributed by atoms with Crippen molar-refractivity contribution < 1.29 is 37.5 Å². The summed E-state index contributed by atoms with van der Waals surface area (Å²) in [6, 6.07) is -1.66. The second-order valence-electron chi connectivity index (χ2n) is 10.0. The third-order valence-corrected chi connectivity index (χ3v) is 8.60. The number of alkyl halides is 3. The van der Waals surface area contributed by atoms with Crippen LogP contribution in [0.2, 0.25) is 0 Å². The molecule has 3 aliphatic heterocycles. The van der Waals surface area contributed by atoms with E-state index in [9.17, 15) is 37.5 Å². The van der Waals surface area contributed by atoms with Gasteiger partial charge in [-0.15, -0.1) is 16.9 Å². The number of halogens is 3. The highest BCUT2D eigenvalue weighted by atomic mass is 32.2. The van der Waals surface area contributed by atoms with E-state index in [1.54, 1.807) is 21.0 Å². The largest absolute Gasteiger partial charge is 0.477 e. The second kappa shape index (κ2) is 10.3. The number of carbonyl (C=O) groups excluding carboxylic acids is 3. The lowest BCUT2D eigenvalue weighted by Crippen LogP contribution is -2.66. The van der Waals surface area contributed by atoms with E-state index in [4.69, 9.17) is 5.73 Å². The Hall–Kier alpha value is -3.34. The lowest BCUT2D eigenvalue weighted by molar-refractivity contribution is -0.158. The Balaban J connectivity index is 1.43. The Kier molecular flexibility index (Phi) is 7.59. The molecule has 3 aliphatic rings. The van der Waals surface area contributed by atoms with Gasteiger partial charge in [0.25, 0.3) is 5.82 Å². The van der Waals surface area contributed by atoms with E-state index in [1.165, 1.54) is 21.6 Å². The minimum Gasteiger partial charge on any atom is -0.477 e. The average molecular weight is 575 g/mol. The lowest BCUT2D eigenvalue weighted by atomic mass is 9.78. The number of carbonyl (C=O) groups is 4. The quantitative estimate of drug-likeness (QED) is 0.302. The first-order chi connectivity index (χ1) is 18.1. The molecule has 0 spiro atoms. The Bertz CT molecular complexity index is 1230. The van der Waals surface area contributed by atoms with Gasteiger partial charge in [-0.25, -0.2) is 9.48 Å². The number of β-lactam (4-membered cyclic amide) rings is 1. The van der Waals surface area contributed by atoms with Gasteiger partial charge in [0.2, 0.25) is 23.7 Å². The summed E-state index contributed by atoms with van der Waals surface area (Å²) in [6.45, 7) is 3.23. The molecule has 39 heavy (non-hydrogen) atoms. The number of carboxylic acids is 1. The first-order valence-electron chi connectivity index (χ1n) is 12.1. The van der Waals surface area contributed by atoms with Gasteiger partial charge in [0.15, 0.2) is 0 Å². The van der Waals surface area contributed by atoms with Crippen molar-refractivity contribution in [3.8, 4) is 0 Å². The van der Waals surface area contributed by atoms with E-state index in [1.807, 2.05) is 6.92 Å². The van der Waals surface area contributed by atoms with Gasteiger partial charge in [-0.3, -0.25) is 14.4 Å². The lowest BCUT2D eigenvalue weighted by Gasteiger charge is -2.47. The third kappa shape index (κ3) is 5.28. The maximum absolute atomic E-state index is 13.1. The van der Waals surface area contributed by atoms with Gasteiger partial charge in [0, 0.05) is 42.8 Å². The summed E-state index contributed by atoms with van der Waals surface area (Å²) in [5.74, 6) is -5.70. The number of fused-ring (bicyclic) bond motifs is 1. The molecule has 4 heterocycles. The van der Waals surface area contributed by atoms with Crippen LogP contribution in [0.5, 0.6) is 0 Å². The smallest absolute Gasteiger partial charge is 0.453 e. The molecule has 5 N–H and O–H groups in total. The fourth-order valence-electron chi connectivity index (χ4n) is 5.28. The minimum absolute atomic E-state index is 0.0732. The summed E-state index contributed by atoms with van der Waals surface area (Å²) in [5, 5.41) is 18.8. The number of aliphatic carboxylic acids is 1. The van der Waals surface area contributed by atoms with Crippen molar-refractivity contribution in [2.24, 2.45) is 11.8 Å². The van der Waals surface area contributed by atoms with Crippen LogP contribution in [0.1, 0.15) is 26.1 Å². The molecule has 0 aliphatic carbocycles. The number of likely N-dealkylation sites (N-methyl/N-ethyl adjacent to an activating group) is 1. The number of carboxylic acid groups (broad SMARTS) is 1. The van der Waals surface area contributed by atoms with Crippen LogP contribution in [-0.4, -0.2) is 97.4 Å². The molecule has 3 amide bonds. The molecule has 1 unspecified atom stereocenters. The van der Waals surface area contributed by atoms with Crippen LogP contribution in [-0.2, 0) is 31.9 Å². The SMILES string of the molecule is CC(NC(=O)Cn1nc(C(F)(F)F)nc1N)[C@H]1C(=O)N2C(C(=O)O)=C(S[C@@H]3CN[C@H](C(=O)N(C)C)C3)[C@H](C)[C@H]12. The van der Waals surface area contributed by atoms with Gasteiger partial charge in [0.05, 0.1) is 18.0 Å². The molecular weight excluding hydrogens is 545 g/mol. The van der Waals surface area contributed by atoms with Crippen LogP contribution in [0, 0.1) is 11.8 Å². The number of nitrogen functional groups attached to an aromatic ring is 1. The van der Waals surface area contributed by atoms with Gasteiger partial charge < -0.3 is 31.3 Å². The summed E-state index contributed by atoms with van der Waals surface area (Å²) in [6.07, 6.45) is -4.33. The van der Waals surface area contributed by atoms with Gasteiger partial charge in [0.1, 0.15) is 12.2 Å². The number of hydrogen-bond donors (Lipinski definition) is 4. The number of hydrogen-bond acceptors (Lipinski definition) is 9. The van der Waals surface area contributed by atoms with Crippen molar-refractivity contribution in [3.63, 3.8) is 0 Å². The summed E-state index contributed by atoms with van der Waals surface area (Å²) in [4.78, 5) is 56.5. The molecule has 0 radical (unpaired) electrons. The van der Waals surface area contributed by atoms with E-state index in [0.29, 0.717) is 22.6 Å². The zero-order chi connectivity index (χ0) is 29.0. The van der Waals surface area contributed by atoms with Crippen molar-refractivity contribution in [1.29, 1.82) is 0 Å². The van der Waals surface area contributed by atoms with E-state index >= 15 is 0 Å². The number of aromatic nitrogens is 3. The zero-order valence-electron chi connectivity index (χ0n) is 21.5. The molecule has 13 nitrogen and oxygen atoms in total. The van der Waals surface area contributed by atoms with Crippen molar-refractivity contribution >= 4 is 41.4 Å². The fraction of sp³-hybridized carbons (Fsp3) is 0.636. The topological polar surface area (TPSA) is 176 Å². The third-order valence-electron chi connectivity index (χ3n) is 7.09. The summed E-state index contributed by atoms with van der Waals surface area (Å²) in [5.41, 5.74) is 5.35. The Morgan fingerprint density at radius 3 is 2.56 bits per heavy atom. The number of rotatable bonds is 8. The molecule has 4 rings (SSSR count). The normalized spacial score (nSPS) is 27.3. The van der Waals surface area contributed by atoms with E-state index in [-0.39, 0.29) is 28.8 Å². The second-order valence-corrected chi connectivity index (χ2v) is 11.3. The maximum atomic E-state index is 13.1. The monoisotopic (exact) mass is 574 g/mol. The van der Waals surface area contributed by atoms with Crippen molar-refractivity contribution in [3.05, 3.63) is 16.4 Å². The molecule has 17 heteroatoms. The number of anilines is 1. The molecule has 2 fully saturated rings. The number of nitrogens with two attached hydrogens (primary N) is 1. The molecular formula is C22H29F3N8O5S. The van der Waals surface area contributed by atoms with Crippen molar-refractivity contribution in [2.75, 3.05) is 26.4 Å². The average Bonchev–Trinajstić information content (AvgIpc) is 3.50. The van der Waals surface area contributed by atoms with Gasteiger partial charge in [-0.2, -0.15) is 18.2 Å². The summed E-state index contributed by atoms with van der Waals surface area (Å²) < 4.78 is 39.1. The number of thioether (sulfide) groups is 1. The van der Waals surface area contributed by atoms with Crippen LogP contribution in [0.4, 0.5) is 19.1 Å². The van der Waals surface area contributed by atoms with Gasteiger partial charge in [-0.05, 0) is 13.3 Å². The van der Waals surface area contributed by atoms with Crippen LogP contribution in [0.25, 0.3) is 0 Å². The molecule has 6 atom stereocenters. The number of nitrogens with one attached hydrogen (secondary N) is 2. The number of amides is 3. The maximum Gasteiger partial charge on any atom is 0.453 e. The Morgan fingerprint density at radius 2 is 2.00 bits per heavy atom. The van der Waals surface area contributed by atoms with Gasteiger partial charge in [-0.1, -0.05) is 6.92 Å². The highest BCUT2D eigenvalue weighted by molar-refractivity contribution is 8.03.